The third kappa shape index (κ3) is 4.55. The summed E-state index contributed by atoms with van der Waals surface area (Å²) >= 11 is 6.25. The Kier molecular flexibility index (Phi) is 6.50. The highest BCUT2D eigenvalue weighted by atomic mass is 35.5. The fraction of sp³-hybridized carbons (Fsp3) is 0.192. The molecule has 0 aliphatic carbocycles. The second kappa shape index (κ2) is 9.46. The predicted molar refractivity (Wildman–Crippen MR) is 126 cm³/mol. The fourth-order valence-corrected chi connectivity index (χ4v) is 4.24. The van der Waals surface area contributed by atoms with E-state index in [0.717, 1.165) is 41.0 Å². The number of H-pyrrole nitrogens is 1. The van der Waals surface area contributed by atoms with Crippen molar-refractivity contribution >= 4 is 11.6 Å². The van der Waals surface area contributed by atoms with Crippen molar-refractivity contribution in [2.45, 2.75) is 19.9 Å². The maximum Gasteiger partial charge on any atom is 0.123 e. The Bertz CT molecular complexity index is 1130. The van der Waals surface area contributed by atoms with Crippen molar-refractivity contribution in [1.82, 2.24) is 15.1 Å². The number of halogens is 2. The molecule has 158 valence electrons. The molecule has 0 aliphatic heterocycles. The van der Waals surface area contributed by atoms with Crippen LogP contribution >= 0.6 is 11.6 Å². The second-order valence-corrected chi connectivity index (χ2v) is 7.90. The van der Waals surface area contributed by atoms with Crippen LogP contribution in [0.3, 0.4) is 0 Å². The number of benzene rings is 3. The Morgan fingerprint density at radius 2 is 1.55 bits per heavy atom. The fourth-order valence-electron chi connectivity index (χ4n) is 4.05. The van der Waals surface area contributed by atoms with Crippen LogP contribution in [-0.2, 0) is 0 Å². The van der Waals surface area contributed by atoms with E-state index in [1.165, 1.54) is 17.7 Å². The first kappa shape index (κ1) is 21.3. The lowest BCUT2D eigenvalue weighted by atomic mass is 9.93. The lowest BCUT2D eigenvalue weighted by Gasteiger charge is -2.30. The Balaban J connectivity index is 1.75. The van der Waals surface area contributed by atoms with Crippen LogP contribution in [0.15, 0.2) is 79.0 Å². The summed E-state index contributed by atoms with van der Waals surface area (Å²) in [6.07, 6.45) is 1.91. The minimum Gasteiger partial charge on any atom is -0.293 e. The van der Waals surface area contributed by atoms with Gasteiger partial charge in [-0.15, -0.1) is 0 Å². The van der Waals surface area contributed by atoms with Gasteiger partial charge >= 0.3 is 0 Å². The number of nitrogens with zero attached hydrogens (tertiary/aromatic N) is 2. The zero-order chi connectivity index (χ0) is 21.8. The van der Waals surface area contributed by atoms with Crippen molar-refractivity contribution in [3.63, 3.8) is 0 Å². The van der Waals surface area contributed by atoms with Crippen LogP contribution in [0.4, 0.5) is 4.39 Å². The van der Waals surface area contributed by atoms with Gasteiger partial charge in [0.1, 0.15) is 5.82 Å². The van der Waals surface area contributed by atoms with Crippen LogP contribution in [0.1, 0.15) is 31.0 Å². The molecule has 1 unspecified atom stereocenters. The number of aromatic amines is 1. The molecule has 3 aromatic carbocycles. The summed E-state index contributed by atoms with van der Waals surface area (Å²) < 4.78 is 13.3. The SMILES string of the molecule is CCN(CC)C(c1ccc(-c2ccc(F)cc2)cc1)c1cn[nH]c1-c1cccc(Cl)c1. The van der Waals surface area contributed by atoms with Gasteiger partial charge in [0.05, 0.1) is 17.9 Å². The first-order chi connectivity index (χ1) is 15.1. The molecule has 0 aliphatic rings. The second-order valence-electron chi connectivity index (χ2n) is 7.46. The molecule has 0 radical (unpaired) electrons. The lowest BCUT2D eigenvalue weighted by molar-refractivity contribution is 0.251. The molecule has 0 amide bonds. The number of aromatic nitrogens is 2. The molecule has 5 heteroatoms. The molecule has 0 fully saturated rings. The molecular formula is C26H25ClFN3. The molecule has 4 aromatic rings. The summed E-state index contributed by atoms with van der Waals surface area (Å²) in [5, 5.41) is 8.24. The van der Waals surface area contributed by atoms with E-state index in [-0.39, 0.29) is 11.9 Å². The Labute approximate surface area is 187 Å². The summed E-state index contributed by atoms with van der Waals surface area (Å²) in [4.78, 5) is 2.41. The molecule has 1 heterocycles. The van der Waals surface area contributed by atoms with Crippen molar-refractivity contribution in [2.75, 3.05) is 13.1 Å². The maximum absolute atomic E-state index is 13.3. The average Bonchev–Trinajstić information content (AvgIpc) is 3.27. The smallest absolute Gasteiger partial charge is 0.123 e. The predicted octanol–water partition coefficient (Wildman–Crippen LogP) is 6.97. The van der Waals surface area contributed by atoms with Crippen LogP contribution in [0.2, 0.25) is 5.02 Å². The van der Waals surface area contributed by atoms with Crippen molar-refractivity contribution in [3.05, 3.63) is 101 Å². The normalized spacial score (nSPS) is 12.3. The van der Waals surface area contributed by atoms with E-state index in [1.807, 2.05) is 30.5 Å². The number of hydrogen-bond acceptors (Lipinski definition) is 2. The lowest BCUT2D eigenvalue weighted by Crippen LogP contribution is -2.29. The largest absolute Gasteiger partial charge is 0.293 e. The van der Waals surface area contributed by atoms with Gasteiger partial charge in [0.15, 0.2) is 0 Å². The highest BCUT2D eigenvalue weighted by Gasteiger charge is 2.25. The molecule has 4 rings (SSSR count). The Morgan fingerprint density at radius 1 is 0.903 bits per heavy atom. The van der Waals surface area contributed by atoms with Crippen molar-refractivity contribution < 1.29 is 4.39 Å². The molecule has 0 spiro atoms. The van der Waals surface area contributed by atoms with Gasteiger partial charge in [-0.3, -0.25) is 10.00 Å². The van der Waals surface area contributed by atoms with Crippen LogP contribution in [-0.4, -0.2) is 28.2 Å². The first-order valence-corrected chi connectivity index (χ1v) is 10.9. The number of rotatable bonds is 7. The topological polar surface area (TPSA) is 31.9 Å². The standard InChI is InChI=1S/C26H25ClFN3/c1-3-31(4-2)26(24-17-29-30-25(24)21-6-5-7-22(27)16-21)20-10-8-18(9-11-20)19-12-14-23(28)15-13-19/h5-17,26H,3-4H2,1-2H3,(H,29,30). The molecule has 1 N–H and O–H groups in total. The monoisotopic (exact) mass is 433 g/mol. The van der Waals surface area contributed by atoms with Gasteiger partial charge in [-0.25, -0.2) is 4.39 Å². The van der Waals surface area contributed by atoms with Gasteiger partial charge in [0.25, 0.3) is 0 Å². The van der Waals surface area contributed by atoms with Crippen molar-refractivity contribution in [2.24, 2.45) is 0 Å². The number of nitrogens with one attached hydrogen (secondary N) is 1. The molecule has 3 nitrogen and oxygen atoms in total. The minimum atomic E-state index is -0.226. The summed E-state index contributed by atoms with van der Waals surface area (Å²) in [5.41, 5.74) is 6.33. The van der Waals surface area contributed by atoms with Crippen LogP contribution in [0.25, 0.3) is 22.4 Å². The minimum absolute atomic E-state index is 0.0463. The maximum atomic E-state index is 13.3. The van der Waals surface area contributed by atoms with E-state index in [0.29, 0.717) is 5.02 Å². The zero-order valence-corrected chi connectivity index (χ0v) is 18.4. The molecule has 1 aromatic heterocycles. The molecule has 0 saturated carbocycles. The van der Waals surface area contributed by atoms with E-state index in [4.69, 9.17) is 11.6 Å². The first-order valence-electron chi connectivity index (χ1n) is 10.5. The molecular weight excluding hydrogens is 409 g/mol. The zero-order valence-electron chi connectivity index (χ0n) is 17.6. The quantitative estimate of drug-likeness (QED) is 0.341. The van der Waals surface area contributed by atoms with Gasteiger partial charge in [0, 0.05) is 16.1 Å². The van der Waals surface area contributed by atoms with Crippen LogP contribution in [0.5, 0.6) is 0 Å². The van der Waals surface area contributed by atoms with E-state index in [9.17, 15) is 4.39 Å². The average molecular weight is 434 g/mol. The third-order valence-electron chi connectivity index (χ3n) is 5.66. The highest BCUT2D eigenvalue weighted by Crippen LogP contribution is 2.36. The summed E-state index contributed by atoms with van der Waals surface area (Å²) in [6, 6.07) is 22.9. The summed E-state index contributed by atoms with van der Waals surface area (Å²) in [5.74, 6) is -0.226. The van der Waals surface area contributed by atoms with E-state index in [1.54, 1.807) is 12.1 Å². The van der Waals surface area contributed by atoms with Crippen molar-refractivity contribution in [1.29, 1.82) is 0 Å². The van der Waals surface area contributed by atoms with Gasteiger partial charge in [-0.05, 0) is 54.0 Å². The van der Waals surface area contributed by atoms with Crippen LogP contribution < -0.4 is 0 Å². The van der Waals surface area contributed by atoms with Crippen LogP contribution in [0, 0.1) is 5.82 Å². The van der Waals surface area contributed by atoms with E-state index in [2.05, 4.69) is 53.2 Å². The summed E-state index contributed by atoms with van der Waals surface area (Å²) in [6.45, 7) is 6.15. The Morgan fingerprint density at radius 3 is 2.16 bits per heavy atom. The van der Waals surface area contributed by atoms with E-state index >= 15 is 0 Å². The molecule has 1 atom stereocenters. The van der Waals surface area contributed by atoms with Gasteiger partial charge in [0.2, 0.25) is 0 Å². The van der Waals surface area contributed by atoms with E-state index < -0.39 is 0 Å². The van der Waals surface area contributed by atoms with Crippen molar-refractivity contribution in [3.8, 4) is 22.4 Å². The molecule has 0 saturated heterocycles. The Hall–Kier alpha value is -2.95. The third-order valence-corrected chi connectivity index (χ3v) is 5.89. The van der Waals surface area contributed by atoms with Gasteiger partial charge < -0.3 is 0 Å². The molecule has 0 bridgehead atoms. The van der Waals surface area contributed by atoms with Gasteiger partial charge in [-0.2, -0.15) is 5.10 Å². The highest BCUT2D eigenvalue weighted by molar-refractivity contribution is 6.30. The van der Waals surface area contributed by atoms with Gasteiger partial charge in [-0.1, -0.05) is 74.0 Å². The number of hydrogen-bond donors (Lipinski definition) is 1. The summed E-state index contributed by atoms with van der Waals surface area (Å²) in [7, 11) is 0. The molecule has 31 heavy (non-hydrogen) atoms.